The molecule has 1 atom stereocenters. The molecule has 0 saturated heterocycles. The van der Waals surface area contributed by atoms with Crippen LogP contribution in [-0.2, 0) is 25.5 Å². The Morgan fingerprint density at radius 3 is 2.55 bits per heavy atom. The highest BCUT2D eigenvalue weighted by atomic mass is 16.7. The van der Waals surface area contributed by atoms with Crippen LogP contribution >= 0.6 is 0 Å². The Kier molecular flexibility index (Phi) is 6.95. The topological polar surface area (TPSA) is 103 Å². The molecular weight excluding hydrogens is 376 g/mol. The molecule has 2 amide bonds. The van der Waals surface area contributed by atoms with Gasteiger partial charge in [-0.15, -0.1) is 0 Å². The molecule has 8 nitrogen and oxygen atoms in total. The lowest BCUT2D eigenvalue weighted by Gasteiger charge is -2.27. The Morgan fingerprint density at radius 2 is 1.86 bits per heavy atom. The van der Waals surface area contributed by atoms with Crippen LogP contribution in [0.4, 0.5) is 0 Å². The van der Waals surface area contributed by atoms with Crippen molar-refractivity contribution in [2.24, 2.45) is 11.8 Å². The summed E-state index contributed by atoms with van der Waals surface area (Å²) in [6.45, 7) is 2.12. The van der Waals surface area contributed by atoms with Gasteiger partial charge in [-0.05, 0) is 49.3 Å². The van der Waals surface area contributed by atoms with Gasteiger partial charge in [-0.2, -0.15) is 0 Å². The van der Waals surface area contributed by atoms with E-state index in [0.29, 0.717) is 30.4 Å². The number of fused-ring (bicyclic) bond motifs is 1. The van der Waals surface area contributed by atoms with Crippen molar-refractivity contribution in [2.75, 3.05) is 20.4 Å². The van der Waals surface area contributed by atoms with Crippen LogP contribution in [0, 0.1) is 11.8 Å². The van der Waals surface area contributed by atoms with E-state index in [0.717, 1.165) is 31.2 Å². The van der Waals surface area contributed by atoms with Crippen LogP contribution in [0.2, 0.25) is 0 Å². The first-order chi connectivity index (χ1) is 14.0. The van der Waals surface area contributed by atoms with Gasteiger partial charge in [0.05, 0.1) is 13.0 Å². The number of methoxy groups -OCH3 is 1. The summed E-state index contributed by atoms with van der Waals surface area (Å²) in [7, 11) is 1.41. The van der Waals surface area contributed by atoms with Crippen molar-refractivity contribution in [1.29, 1.82) is 0 Å². The third-order valence-corrected chi connectivity index (χ3v) is 5.52. The molecule has 1 saturated carbocycles. The number of hydrogen-bond acceptors (Lipinski definition) is 6. The zero-order valence-electron chi connectivity index (χ0n) is 16.9. The summed E-state index contributed by atoms with van der Waals surface area (Å²) >= 11 is 0. The van der Waals surface area contributed by atoms with Crippen molar-refractivity contribution in [2.45, 2.75) is 45.1 Å². The summed E-state index contributed by atoms with van der Waals surface area (Å²) in [4.78, 5) is 35.9. The fourth-order valence-electron chi connectivity index (χ4n) is 3.90. The number of rotatable bonds is 7. The Bertz CT molecular complexity index is 758. The molecule has 0 radical (unpaired) electrons. The van der Waals surface area contributed by atoms with Gasteiger partial charge in [0.1, 0.15) is 6.04 Å². The lowest BCUT2D eigenvalue weighted by atomic mass is 9.82. The van der Waals surface area contributed by atoms with Gasteiger partial charge in [-0.3, -0.25) is 14.4 Å². The molecule has 158 valence electrons. The summed E-state index contributed by atoms with van der Waals surface area (Å²) in [5.41, 5.74) is 0.877. The van der Waals surface area contributed by atoms with Gasteiger partial charge in [-0.1, -0.05) is 6.07 Å². The first kappa shape index (κ1) is 21.0. The number of ether oxygens (including phenoxy) is 3. The standard InChI is InChI=1S/C21H28N2O6/c1-13(24)23-17(9-15-5-8-18-19(10-15)29-12-28-18)20(25)22-11-14-3-6-16(7-4-14)21(26)27-2/h5,8,10,14,16-17H,3-4,6-7,9,11-12H2,1-2H3,(H,22,25)(H,23,24). The predicted molar refractivity (Wildman–Crippen MR) is 104 cm³/mol. The highest BCUT2D eigenvalue weighted by molar-refractivity contribution is 5.87. The number of nitrogens with one attached hydrogen (secondary N) is 2. The first-order valence-corrected chi connectivity index (χ1v) is 9.97. The number of hydrogen-bond donors (Lipinski definition) is 2. The Balaban J connectivity index is 1.53. The fraction of sp³-hybridized carbons (Fsp3) is 0.571. The molecule has 0 bridgehead atoms. The lowest BCUT2D eigenvalue weighted by Crippen LogP contribution is -2.48. The fourth-order valence-corrected chi connectivity index (χ4v) is 3.90. The quantitative estimate of drug-likeness (QED) is 0.669. The molecule has 2 aliphatic rings. The van der Waals surface area contributed by atoms with E-state index in [2.05, 4.69) is 10.6 Å². The van der Waals surface area contributed by atoms with E-state index < -0.39 is 6.04 Å². The van der Waals surface area contributed by atoms with E-state index in [1.807, 2.05) is 12.1 Å². The highest BCUT2D eigenvalue weighted by Crippen LogP contribution is 2.33. The zero-order chi connectivity index (χ0) is 20.8. The molecule has 0 spiro atoms. The molecule has 1 heterocycles. The number of benzene rings is 1. The molecule has 1 aliphatic carbocycles. The van der Waals surface area contributed by atoms with Crippen LogP contribution in [0.3, 0.4) is 0 Å². The van der Waals surface area contributed by atoms with E-state index in [9.17, 15) is 14.4 Å². The van der Waals surface area contributed by atoms with Gasteiger partial charge >= 0.3 is 5.97 Å². The maximum atomic E-state index is 12.7. The smallest absolute Gasteiger partial charge is 0.308 e. The molecule has 2 N–H and O–H groups in total. The Labute approximate surface area is 170 Å². The molecule has 1 aromatic carbocycles. The minimum atomic E-state index is -0.667. The average Bonchev–Trinajstić information content (AvgIpc) is 3.19. The largest absolute Gasteiger partial charge is 0.469 e. The van der Waals surface area contributed by atoms with Crippen LogP contribution in [-0.4, -0.2) is 44.3 Å². The number of carbonyl (C=O) groups is 3. The molecule has 3 rings (SSSR count). The summed E-state index contributed by atoms with van der Waals surface area (Å²) in [6.07, 6.45) is 3.65. The Hall–Kier alpha value is -2.77. The minimum Gasteiger partial charge on any atom is -0.469 e. The van der Waals surface area contributed by atoms with Gasteiger partial charge in [0, 0.05) is 19.9 Å². The number of esters is 1. The molecule has 1 aliphatic heterocycles. The van der Waals surface area contributed by atoms with Crippen molar-refractivity contribution >= 4 is 17.8 Å². The van der Waals surface area contributed by atoms with Crippen molar-refractivity contribution < 1.29 is 28.6 Å². The van der Waals surface area contributed by atoms with Crippen LogP contribution in [0.5, 0.6) is 11.5 Å². The summed E-state index contributed by atoms with van der Waals surface area (Å²) in [6, 6.07) is 4.84. The molecule has 1 unspecified atom stereocenters. The third kappa shape index (κ3) is 5.62. The molecule has 1 aromatic rings. The Morgan fingerprint density at radius 1 is 1.14 bits per heavy atom. The minimum absolute atomic E-state index is 0.0370. The van der Waals surface area contributed by atoms with Gasteiger partial charge in [0.2, 0.25) is 18.6 Å². The second-order valence-corrected chi connectivity index (χ2v) is 7.63. The van der Waals surface area contributed by atoms with Crippen molar-refractivity contribution in [3.8, 4) is 11.5 Å². The molecule has 29 heavy (non-hydrogen) atoms. The van der Waals surface area contributed by atoms with E-state index in [1.54, 1.807) is 6.07 Å². The van der Waals surface area contributed by atoms with Crippen LogP contribution in [0.1, 0.15) is 38.2 Å². The second kappa shape index (κ2) is 9.62. The summed E-state index contributed by atoms with van der Waals surface area (Å²) in [5, 5.41) is 5.69. The van der Waals surface area contributed by atoms with Gasteiger partial charge in [0.15, 0.2) is 11.5 Å². The van der Waals surface area contributed by atoms with Crippen LogP contribution in [0.15, 0.2) is 18.2 Å². The maximum absolute atomic E-state index is 12.7. The average molecular weight is 404 g/mol. The van der Waals surface area contributed by atoms with Gasteiger partial charge < -0.3 is 24.8 Å². The van der Waals surface area contributed by atoms with E-state index in [-0.39, 0.29) is 30.5 Å². The SMILES string of the molecule is COC(=O)C1CCC(CNC(=O)C(Cc2ccc3c(c2)OCO3)NC(C)=O)CC1. The molecule has 0 aromatic heterocycles. The normalized spacial score (nSPS) is 21.2. The van der Waals surface area contributed by atoms with Crippen LogP contribution in [0.25, 0.3) is 0 Å². The maximum Gasteiger partial charge on any atom is 0.308 e. The number of amides is 2. The van der Waals surface area contributed by atoms with E-state index >= 15 is 0 Å². The number of carbonyl (C=O) groups excluding carboxylic acids is 3. The lowest BCUT2D eigenvalue weighted by molar-refractivity contribution is -0.146. The second-order valence-electron chi connectivity index (χ2n) is 7.63. The zero-order valence-corrected chi connectivity index (χ0v) is 16.9. The van der Waals surface area contributed by atoms with E-state index in [4.69, 9.17) is 14.2 Å². The van der Waals surface area contributed by atoms with Crippen LogP contribution < -0.4 is 20.1 Å². The predicted octanol–water partition coefficient (Wildman–Crippen LogP) is 1.56. The molecule has 8 heteroatoms. The molecular formula is C21H28N2O6. The monoisotopic (exact) mass is 404 g/mol. The van der Waals surface area contributed by atoms with Gasteiger partial charge in [0.25, 0.3) is 0 Å². The molecule has 1 fully saturated rings. The van der Waals surface area contributed by atoms with Crippen molar-refractivity contribution in [1.82, 2.24) is 10.6 Å². The summed E-state index contributed by atoms with van der Waals surface area (Å²) in [5.74, 6) is 0.983. The van der Waals surface area contributed by atoms with Gasteiger partial charge in [-0.25, -0.2) is 0 Å². The summed E-state index contributed by atoms with van der Waals surface area (Å²) < 4.78 is 15.5. The highest BCUT2D eigenvalue weighted by Gasteiger charge is 2.28. The first-order valence-electron chi connectivity index (χ1n) is 9.97. The van der Waals surface area contributed by atoms with E-state index in [1.165, 1.54) is 14.0 Å². The van der Waals surface area contributed by atoms with Crippen molar-refractivity contribution in [3.05, 3.63) is 23.8 Å². The third-order valence-electron chi connectivity index (χ3n) is 5.52. The van der Waals surface area contributed by atoms with Crippen molar-refractivity contribution in [3.63, 3.8) is 0 Å².